The quantitative estimate of drug-likeness (QED) is 0.415. The van der Waals surface area contributed by atoms with Gasteiger partial charge in [0.1, 0.15) is 0 Å². The maximum absolute atomic E-state index is 5.90. The van der Waals surface area contributed by atoms with Crippen molar-refractivity contribution in [1.29, 1.82) is 0 Å². The van der Waals surface area contributed by atoms with Crippen LogP contribution >= 0.6 is 35.6 Å². The lowest BCUT2D eigenvalue weighted by Crippen LogP contribution is -2.45. The van der Waals surface area contributed by atoms with E-state index in [1.165, 1.54) is 12.8 Å². The molecule has 0 radical (unpaired) electrons. The van der Waals surface area contributed by atoms with Crippen LogP contribution in [0.15, 0.2) is 33.8 Å². The predicted molar refractivity (Wildman–Crippen MR) is 110 cm³/mol. The summed E-state index contributed by atoms with van der Waals surface area (Å²) in [5.74, 6) is 2.77. The van der Waals surface area contributed by atoms with Crippen LogP contribution in [-0.2, 0) is 6.54 Å². The van der Waals surface area contributed by atoms with Gasteiger partial charge in [0.05, 0.1) is 6.54 Å². The minimum Gasteiger partial charge on any atom is -0.347 e. The van der Waals surface area contributed by atoms with E-state index in [1.54, 1.807) is 7.05 Å². The molecule has 6 nitrogen and oxygen atoms in total. The Balaban J connectivity index is 0.00000225. The molecule has 0 spiro atoms. The van der Waals surface area contributed by atoms with Gasteiger partial charge in [-0.3, -0.25) is 4.99 Å². The molecule has 1 aliphatic heterocycles. The predicted octanol–water partition coefficient (Wildman–Crippen LogP) is 3.82. The zero-order chi connectivity index (χ0) is 16.9. The molecule has 25 heavy (non-hydrogen) atoms. The number of nitrogens with one attached hydrogen (secondary N) is 1. The highest BCUT2D eigenvalue weighted by Gasteiger charge is 2.19. The van der Waals surface area contributed by atoms with Gasteiger partial charge in [0.2, 0.25) is 11.7 Å². The van der Waals surface area contributed by atoms with Crippen LogP contribution in [0.5, 0.6) is 0 Å². The summed E-state index contributed by atoms with van der Waals surface area (Å²) in [4.78, 5) is 11.0. The van der Waals surface area contributed by atoms with Crippen molar-refractivity contribution >= 4 is 41.5 Å². The first-order valence-electron chi connectivity index (χ1n) is 8.20. The number of benzene rings is 1. The number of guanidine groups is 1. The fourth-order valence-corrected chi connectivity index (χ4v) is 2.88. The smallest absolute Gasteiger partial charge is 0.246 e. The Morgan fingerprint density at radius 3 is 2.64 bits per heavy atom. The van der Waals surface area contributed by atoms with E-state index in [9.17, 15) is 0 Å². The first-order chi connectivity index (χ1) is 11.7. The van der Waals surface area contributed by atoms with Crippen LogP contribution in [0.4, 0.5) is 0 Å². The molecule has 0 atom stereocenters. The van der Waals surface area contributed by atoms with E-state index < -0.39 is 0 Å². The van der Waals surface area contributed by atoms with Crippen molar-refractivity contribution in [3.05, 3.63) is 35.2 Å². The summed E-state index contributed by atoms with van der Waals surface area (Å²) in [6, 6.07) is 7.37. The summed E-state index contributed by atoms with van der Waals surface area (Å²) in [5.41, 5.74) is 0.879. The van der Waals surface area contributed by atoms with Crippen LogP contribution in [0.3, 0.4) is 0 Å². The molecule has 0 bridgehead atoms. The van der Waals surface area contributed by atoms with Crippen LogP contribution in [0, 0.1) is 5.92 Å². The summed E-state index contributed by atoms with van der Waals surface area (Å²) in [7, 11) is 1.80. The first kappa shape index (κ1) is 20.0. The fourth-order valence-electron chi connectivity index (χ4n) is 2.75. The van der Waals surface area contributed by atoms with Crippen molar-refractivity contribution in [3.8, 4) is 11.4 Å². The monoisotopic (exact) mass is 475 g/mol. The number of halogens is 2. The van der Waals surface area contributed by atoms with E-state index in [0.29, 0.717) is 23.3 Å². The van der Waals surface area contributed by atoms with Gasteiger partial charge >= 0.3 is 0 Å². The van der Waals surface area contributed by atoms with Crippen LogP contribution < -0.4 is 5.32 Å². The minimum atomic E-state index is 0. The molecule has 2 aromatic rings. The second kappa shape index (κ2) is 9.38. The highest BCUT2D eigenvalue weighted by molar-refractivity contribution is 14.0. The van der Waals surface area contributed by atoms with Crippen LogP contribution in [-0.4, -0.2) is 41.1 Å². The van der Waals surface area contributed by atoms with E-state index in [1.807, 2.05) is 24.3 Å². The van der Waals surface area contributed by atoms with Crippen LogP contribution in [0.25, 0.3) is 11.4 Å². The second-order valence-corrected chi connectivity index (χ2v) is 6.53. The third kappa shape index (κ3) is 5.31. The number of likely N-dealkylation sites (tertiary alicyclic amines) is 1. The van der Waals surface area contributed by atoms with Gasteiger partial charge in [0, 0.05) is 30.7 Å². The van der Waals surface area contributed by atoms with E-state index in [4.69, 9.17) is 16.1 Å². The standard InChI is InChI=1S/C17H22ClN5O.HI/c1-12-7-9-23(10-8-12)17(19-2)20-11-15-21-16(22-24-15)13-3-5-14(18)6-4-13;/h3-6,12H,7-11H2,1-2H3,(H,19,20);1H. The van der Waals surface area contributed by atoms with Crippen molar-refractivity contribution < 1.29 is 4.52 Å². The first-order valence-corrected chi connectivity index (χ1v) is 8.57. The number of hydrogen-bond acceptors (Lipinski definition) is 4. The van der Waals surface area contributed by atoms with Gasteiger partial charge in [-0.15, -0.1) is 24.0 Å². The number of rotatable bonds is 3. The summed E-state index contributed by atoms with van der Waals surface area (Å²) < 4.78 is 5.32. The molecule has 0 aliphatic carbocycles. The van der Waals surface area contributed by atoms with Gasteiger partial charge < -0.3 is 14.7 Å². The minimum absolute atomic E-state index is 0. The van der Waals surface area contributed by atoms with Crippen LogP contribution in [0.1, 0.15) is 25.7 Å². The second-order valence-electron chi connectivity index (χ2n) is 6.09. The molecular formula is C17H23ClIN5O. The summed E-state index contributed by atoms with van der Waals surface area (Å²) in [6.45, 7) is 4.81. The molecule has 0 unspecified atom stereocenters. The molecule has 1 saturated heterocycles. The molecule has 2 heterocycles. The molecule has 0 saturated carbocycles. The average molecular weight is 476 g/mol. The summed E-state index contributed by atoms with van der Waals surface area (Å²) >= 11 is 5.90. The third-order valence-electron chi connectivity index (χ3n) is 4.26. The Labute approximate surface area is 170 Å². The van der Waals surface area contributed by atoms with Gasteiger partial charge in [0.25, 0.3) is 0 Å². The zero-order valence-electron chi connectivity index (χ0n) is 14.4. The van der Waals surface area contributed by atoms with Crippen LogP contribution in [0.2, 0.25) is 5.02 Å². The highest BCUT2D eigenvalue weighted by Crippen LogP contribution is 2.19. The Bertz CT molecular complexity index is 695. The molecule has 3 rings (SSSR count). The highest BCUT2D eigenvalue weighted by atomic mass is 127. The molecule has 1 aromatic heterocycles. The third-order valence-corrected chi connectivity index (χ3v) is 4.52. The zero-order valence-corrected chi connectivity index (χ0v) is 17.5. The maximum atomic E-state index is 5.90. The molecule has 1 fully saturated rings. The van der Waals surface area contributed by atoms with E-state index in [-0.39, 0.29) is 24.0 Å². The van der Waals surface area contributed by atoms with Crippen molar-refractivity contribution in [1.82, 2.24) is 20.4 Å². The largest absolute Gasteiger partial charge is 0.347 e. The number of aromatic nitrogens is 2. The van der Waals surface area contributed by atoms with E-state index in [0.717, 1.165) is 30.5 Å². The number of aliphatic imine (C=N–C) groups is 1. The molecule has 0 amide bonds. The van der Waals surface area contributed by atoms with Crippen molar-refractivity contribution in [2.45, 2.75) is 26.3 Å². The van der Waals surface area contributed by atoms with Gasteiger partial charge in [-0.25, -0.2) is 0 Å². The maximum Gasteiger partial charge on any atom is 0.246 e. The lowest BCUT2D eigenvalue weighted by atomic mass is 10.00. The molecule has 1 aliphatic rings. The molecule has 1 N–H and O–H groups in total. The lowest BCUT2D eigenvalue weighted by Gasteiger charge is -2.32. The molecular weight excluding hydrogens is 453 g/mol. The van der Waals surface area contributed by atoms with Gasteiger partial charge in [-0.1, -0.05) is 23.7 Å². The SMILES string of the molecule is CN=C(NCc1nc(-c2ccc(Cl)cc2)no1)N1CCC(C)CC1.I. The van der Waals surface area contributed by atoms with Gasteiger partial charge in [0.15, 0.2) is 5.96 Å². The van der Waals surface area contributed by atoms with Gasteiger partial charge in [-0.2, -0.15) is 4.98 Å². The fraction of sp³-hybridized carbons (Fsp3) is 0.471. The molecule has 8 heteroatoms. The van der Waals surface area contributed by atoms with E-state index >= 15 is 0 Å². The number of piperidine rings is 1. The van der Waals surface area contributed by atoms with Gasteiger partial charge in [-0.05, 0) is 43.0 Å². The molecule has 1 aromatic carbocycles. The Morgan fingerprint density at radius 2 is 2.00 bits per heavy atom. The number of nitrogens with zero attached hydrogens (tertiary/aromatic N) is 4. The average Bonchev–Trinajstić information content (AvgIpc) is 3.06. The van der Waals surface area contributed by atoms with E-state index in [2.05, 4.69) is 32.3 Å². The van der Waals surface area contributed by atoms with Crippen molar-refractivity contribution in [3.63, 3.8) is 0 Å². The van der Waals surface area contributed by atoms with Crippen molar-refractivity contribution in [2.75, 3.05) is 20.1 Å². The lowest BCUT2D eigenvalue weighted by molar-refractivity contribution is 0.271. The Kier molecular flexibility index (Phi) is 7.49. The topological polar surface area (TPSA) is 66.5 Å². The number of hydrogen-bond donors (Lipinski definition) is 1. The Morgan fingerprint density at radius 1 is 1.32 bits per heavy atom. The molecule has 136 valence electrons. The Hall–Kier alpha value is -1.35. The van der Waals surface area contributed by atoms with Crippen molar-refractivity contribution in [2.24, 2.45) is 10.9 Å². The summed E-state index contributed by atoms with van der Waals surface area (Å²) in [5, 5.41) is 8.01. The summed E-state index contributed by atoms with van der Waals surface area (Å²) in [6.07, 6.45) is 2.39. The normalized spacial score (nSPS) is 15.8.